The third-order valence-corrected chi connectivity index (χ3v) is 3.42. The number of amides is 1. The van der Waals surface area contributed by atoms with Crippen molar-refractivity contribution in [3.8, 4) is 0 Å². The summed E-state index contributed by atoms with van der Waals surface area (Å²) in [6, 6.07) is 3.12. The highest BCUT2D eigenvalue weighted by molar-refractivity contribution is 6.37. The van der Waals surface area contributed by atoms with E-state index >= 15 is 0 Å². The van der Waals surface area contributed by atoms with Crippen molar-refractivity contribution in [2.75, 3.05) is 31.2 Å². The summed E-state index contributed by atoms with van der Waals surface area (Å²) in [5.41, 5.74) is 6.59. The van der Waals surface area contributed by atoms with Gasteiger partial charge in [-0.05, 0) is 32.1 Å². The zero-order chi connectivity index (χ0) is 15.1. The summed E-state index contributed by atoms with van der Waals surface area (Å²) in [7, 11) is 1.92. The van der Waals surface area contributed by atoms with E-state index in [1.54, 1.807) is 12.1 Å². The second kappa shape index (κ2) is 8.35. The molecule has 4 nitrogen and oxygen atoms in total. The Kier molecular flexibility index (Phi) is 7.13. The van der Waals surface area contributed by atoms with Crippen LogP contribution in [0.3, 0.4) is 0 Å². The molecule has 0 saturated heterocycles. The third kappa shape index (κ3) is 5.57. The van der Waals surface area contributed by atoms with Crippen molar-refractivity contribution in [1.29, 1.82) is 0 Å². The lowest BCUT2D eigenvalue weighted by molar-refractivity contribution is -0.117. The standard InChI is InChI=1S/C14H21Cl2N3O/c1-3-4-5-6-19(2)9-13(20)18-14-11(16)7-10(15)8-12(14)17/h7-8H,3-6,9,17H2,1-2H3,(H,18,20). The van der Waals surface area contributed by atoms with E-state index in [2.05, 4.69) is 12.2 Å². The number of carbonyl (C=O) groups excluding carboxylic acids is 1. The minimum absolute atomic E-state index is 0.139. The summed E-state index contributed by atoms with van der Waals surface area (Å²) in [6.45, 7) is 3.35. The smallest absolute Gasteiger partial charge is 0.238 e. The Morgan fingerprint density at radius 2 is 2.05 bits per heavy atom. The average Bonchev–Trinajstić information content (AvgIpc) is 2.34. The largest absolute Gasteiger partial charge is 0.397 e. The Balaban J connectivity index is 2.54. The van der Waals surface area contributed by atoms with E-state index in [-0.39, 0.29) is 5.91 Å². The molecule has 0 aliphatic carbocycles. The molecule has 1 amide bonds. The molecule has 0 radical (unpaired) electrons. The van der Waals surface area contributed by atoms with Gasteiger partial charge in [-0.15, -0.1) is 0 Å². The first-order valence-corrected chi connectivity index (χ1v) is 7.42. The van der Waals surface area contributed by atoms with Crippen LogP contribution in [0.5, 0.6) is 0 Å². The molecular weight excluding hydrogens is 297 g/mol. The summed E-state index contributed by atoms with van der Waals surface area (Å²) in [5, 5.41) is 3.52. The van der Waals surface area contributed by atoms with Crippen LogP contribution in [0.1, 0.15) is 26.2 Å². The second-order valence-corrected chi connectivity index (χ2v) is 5.69. The number of nitrogen functional groups attached to an aromatic ring is 1. The number of hydrogen-bond donors (Lipinski definition) is 2. The van der Waals surface area contributed by atoms with Gasteiger partial charge in [-0.2, -0.15) is 0 Å². The van der Waals surface area contributed by atoms with Gasteiger partial charge in [0.2, 0.25) is 5.91 Å². The zero-order valence-corrected chi connectivity index (χ0v) is 13.4. The number of nitrogens with one attached hydrogen (secondary N) is 1. The molecule has 1 aromatic rings. The fourth-order valence-electron chi connectivity index (χ4n) is 1.86. The van der Waals surface area contributed by atoms with E-state index in [1.807, 2.05) is 11.9 Å². The normalized spacial score (nSPS) is 10.8. The van der Waals surface area contributed by atoms with E-state index in [9.17, 15) is 4.79 Å². The molecule has 0 aromatic heterocycles. The molecule has 112 valence electrons. The Morgan fingerprint density at radius 3 is 2.65 bits per heavy atom. The lowest BCUT2D eigenvalue weighted by Gasteiger charge is -2.17. The summed E-state index contributed by atoms with van der Waals surface area (Å²) >= 11 is 11.9. The van der Waals surface area contributed by atoms with E-state index < -0.39 is 0 Å². The lowest BCUT2D eigenvalue weighted by atomic mass is 10.2. The number of nitrogens with zero attached hydrogens (tertiary/aromatic N) is 1. The fraction of sp³-hybridized carbons (Fsp3) is 0.500. The van der Waals surface area contributed by atoms with Gasteiger partial charge in [-0.25, -0.2) is 0 Å². The Hall–Kier alpha value is -0.970. The molecule has 1 rings (SSSR count). The van der Waals surface area contributed by atoms with Crippen molar-refractivity contribution in [1.82, 2.24) is 4.90 Å². The number of carbonyl (C=O) groups is 1. The Labute approximate surface area is 130 Å². The number of anilines is 2. The fourth-order valence-corrected chi connectivity index (χ4v) is 2.42. The van der Waals surface area contributed by atoms with Crippen LogP contribution in [-0.4, -0.2) is 30.9 Å². The molecular formula is C14H21Cl2N3O. The van der Waals surface area contributed by atoms with Crippen molar-refractivity contribution in [2.24, 2.45) is 0 Å². The van der Waals surface area contributed by atoms with Crippen LogP contribution in [0.25, 0.3) is 0 Å². The van der Waals surface area contributed by atoms with Gasteiger partial charge in [0.1, 0.15) is 0 Å². The van der Waals surface area contributed by atoms with Crippen LogP contribution < -0.4 is 11.1 Å². The van der Waals surface area contributed by atoms with Gasteiger partial charge in [-0.1, -0.05) is 43.0 Å². The van der Waals surface area contributed by atoms with Crippen LogP contribution in [0.15, 0.2) is 12.1 Å². The van der Waals surface area contributed by atoms with Crippen LogP contribution in [0, 0.1) is 0 Å². The molecule has 20 heavy (non-hydrogen) atoms. The highest BCUT2D eigenvalue weighted by atomic mass is 35.5. The Morgan fingerprint density at radius 1 is 1.35 bits per heavy atom. The topological polar surface area (TPSA) is 58.4 Å². The van der Waals surface area contributed by atoms with Gasteiger partial charge in [0.15, 0.2) is 0 Å². The minimum Gasteiger partial charge on any atom is -0.397 e. The third-order valence-electron chi connectivity index (χ3n) is 2.91. The van der Waals surface area contributed by atoms with Gasteiger partial charge in [-0.3, -0.25) is 9.69 Å². The second-order valence-electron chi connectivity index (χ2n) is 4.84. The van der Waals surface area contributed by atoms with Crippen LogP contribution >= 0.6 is 23.2 Å². The van der Waals surface area contributed by atoms with Crippen molar-refractivity contribution in [3.05, 3.63) is 22.2 Å². The van der Waals surface area contributed by atoms with E-state index in [0.717, 1.165) is 19.4 Å². The SMILES string of the molecule is CCCCCN(C)CC(=O)Nc1c(N)cc(Cl)cc1Cl. The minimum atomic E-state index is -0.139. The first kappa shape index (κ1) is 17.1. The van der Waals surface area contributed by atoms with Crippen molar-refractivity contribution in [2.45, 2.75) is 26.2 Å². The van der Waals surface area contributed by atoms with Crippen molar-refractivity contribution >= 4 is 40.5 Å². The van der Waals surface area contributed by atoms with Gasteiger partial charge >= 0.3 is 0 Å². The van der Waals surface area contributed by atoms with Gasteiger partial charge in [0, 0.05) is 5.02 Å². The van der Waals surface area contributed by atoms with E-state index in [4.69, 9.17) is 28.9 Å². The van der Waals surface area contributed by atoms with Gasteiger partial charge < -0.3 is 11.1 Å². The highest BCUT2D eigenvalue weighted by Gasteiger charge is 2.12. The number of nitrogens with two attached hydrogens (primary N) is 1. The summed E-state index contributed by atoms with van der Waals surface area (Å²) in [6.07, 6.45) is 3.42. The maximum atomic E-state index is 11.9. The van der Waals surface area contributed by atoms with Crippen molar-refractivity contribution in [3.63, 3.8) is 0 Å². The zero-order valence-electron chi connectivity index (χ0n) is 11.9. The summed E-state index contributed by atoms with van der Waals surface area (Å²) in [4.78, 5) is 13.9. The van der Waals surface area contributed by atoms with Crippen LogP contribution in [0.2, 0.25) is 10.0 Å². The van der Waals surface area contributed by atoms with E-state index in [0.29, 0.717) is 28.0 Å². The van der Waals surface area contributed by atoms with E-state index in [1.165, 1.54) is 6.42 Å². The molecule has 0 unspecified atom stereocenters. The molecule has 0 bridgehead atoms. The molecule has 0 heterocycles. The number of rotatable bonds is 7. The average molecular weight is 318 g/mol. The van der Waals surface area contributed by atoms with Gasteiger partial charge in [0.05, 0.1) is 22.9 Å². The molecule has 3 N–H and O–H groups in total. The maximum Gasteiger partial charge on any atom is 0.238 e. The van der Waals surface area contributed by atoms with Crippen molar-refractivity contribution < 1.29 is 4.79 Å². The number of unbranched alkanes of at least 4 members (excludes halogenated alkanes) is 2. The predicted molar refractivity (Wildman–Crippen MR) is 86.5 cm³/mol. The van der Waals surface area contributed by atoms with Crippen LogP contribution in [0.4, 0.5) is 11.4 Å². The molecule has 0 spiro atoms. The number of likely N-dealkylation sites (N-methyl/N-ethyl adjacent to an activating group) is 1. The first-order valence-electron chi connectivity index (χ1n) is 6.67. The quantitative estimate of drug-likeness (QED) is 0.596. The molecule has 1 aromatic carbocycles. The summed E-state index contributed by atoms with van der Waals surface area (Å²) in [5.74, 6) is -0.139. The highest BCUT2D eigenvalue weighted by Crippen LogP contribution is 2.31. The maximum absolute atomic E-state index is 11.9. The predicted octanol–water partition coefficient (Wildman–Crippen LogP) is 3.64. The molecule has 0 fully saturated rings. The number of hydrogen-bond acceptors (Lipinski definition) is 3. The number of benzene rings is 1. The monoisotopic (exact) mass is 317 g/mol. The van der Waals surface area contributed by atoms with Gasteiger partial charge in [0.25, 0.3) is 0 Å². The van der Waals surface area contributed by atoms with Crippen LogP contribution in [-0.2, 0) is 4.79 Å². The number of halogens is 2. The molecule has 0 aliphatic rings. The molecule has 0 aliphatic heterocycles. The molecule has 6 heteroatoms. The molecule has 0 atom stereocenters. The summed E-state index contributed by atoms with van der Waals surface area (Å²) < 4.78 is 0. The lowest BCUT2D eigenvalue weighted by Crippen LogP contribution is -2.31. The molecule has 0 saturated carbocycles. The Bertz CT molecular complexity index is 443. The first-order chi connectivity index (χ1) is 9.43.